The maximum atomic E-state index is 11.1. The summed E-state index contributed by atoms with van der Waals surface area (Å²) in [5.74, 6) is 0.619. The lowest BCUT2D eigenvalue weighted by Gasteiger charge is -2.12. The number of hydrogen-bond donors (Lipinski definition) is 2. The fourth-order valence-electron chi connectivity index (χ4n) is 1.59. The molecule has 0 unspecified atom stereocenters. The number of carbonyl (C=O) groups is 1. The van der Waals surface area contributed by atoms with Crippen LogP contribution in [0.15, 0.2) is 42.6 Å². The summed E-state index contributed by atoms with van der Waals surface area (Å²) in [6, 6.07) is 10.5. The van der Waals surface area contributed by atoms with Crippen molar-refractivity contribution in [3.8, 4) is 11.6 Å². The molecule has 2 N–H and O–H groups in total. The normalized spacial score (nSPS) is 10.0. The summed E-state index contributed by atoms with van der Waals surface area (Å²) < 4.78 is 5.65. The molecule has 0 saturated heterocycles. The minimum absolute atomic E-state index is 0.161. The lowest BCUT2D eigenvalue weighted by atomic mass is 10.2. The van der Waals surface area contributed by atoms with Crippen LogP contribution < -0.4 is 10.1 Å². The maximum absolute atomic E-state index is 11.1. The second-order valence-electron chi connectivity index (χ2n) is 3.91. The highest BCUT2D eigenvalue weighted by Gasteiger charge is 2.09. The summed E-state index contributed by atoms with van der Waals surface area (Å²) in [6.45, 7) is 1.27. The van der Waals surface area contributed by atoms with Crippen LogP contribution in [0, 0.1) is 0 Å². The fraction of sp³-hybridized carbons (Fsp3) is 0.143. The van der Waals surface area contributed by atoms with E-state index in [2.05, 4.69) is 10.3 Å². The molecule has 98 valence electrons. The molecule has 1 aromatic carbocycles. The van der Waals surface area contributed by atoms with Gasteiger partial charge in [-0.05, 0) is 24.3 Å². The second kappa shape index (κ2) is 5.97. The van der Waals surface area contributed by atoms with Gasteiger partial charge < -0.3 is 15.2 Å². The van der Waals surface area contributed by atoms with Crippen molar-refractivity contribution in [2.45, 2.75) is 13.5 Å². The number of rotatable bonds is 4. The van der Waals surface area contributed by atoms with Crippen molar-refractivity contribution in [1.29, 1.82) is 0 Å². The number of anilines is 1. The second-order valence-corrected chi connectivity index (χ2v) is 3.91. The Balaban J connectivity index is 2.30. The lowest BCUT2D eigenvalue weighted by molar-refractivity contribution is -0.114. The Morgan fingerprint density at radius 1 is 1.32 bits per heavy atom. The highest BCUT2D eigenvalue weighted by atomic mass is 16.5. The number of hydrogen-bond acceptors (Lipinski definition) is 4. The van der Waals surface area contributed by atoms with Gasteiger partial charge in [0.2, 0.25) is 11.8 Å². The fourth-order valence-corrected chi connectivity index (χ4v) is 1.59. The van der Waals surface area contributed by atoms with Gasteiger partial charge in [0.1, 0.15) is 0 Å². The molecule has 1 aromatic heterocycles. The van der Waals surface area contributed by atoms with Gasteiger partial charge in [-0.1, -0.05) is 12.1 Å². The van der Waals surface area contributed by atoms with Crippen LogP contribution in [0.25, 0.3) is 0 Å². The van der Waals surface area contributed by atoms with Gasteiger partial charge in [-0.25, -0.2) is 4.98 Å². The predicted octanol–water partition coefficient (Wildman–Crippen LogP) is 2.32. The van der Waals surface area contributed by atoms with Crippen LogP contribution in [-0.4, -0.2) is 16.0 Å². The van der Waals surface area contributed by atoms with E-state index in [1.807, 2.05) is 0 Å². The molecule has 0 aliphatic rings. The van der Waals surface area contributed by atoms with Crippen molar-refractivity contribution >= 4 is 11.6 Å². The van der Waals surface area contributed by atoms with Gasteiger partial charge in [0.25, 0.3) is 0 Å². The van der Waals surface area contributed by atoms with Crippen LogP contribution in [-0.2, 0) is 11.4 Å². The molecule has 0 fully saturated rings. The molecule has 1 amide bonds. The van der Waals surface area contributed by atoms with Crippen molar-refractivity contribution in [2.24, 2.45) is 0 Å². The van der Waals surface area contributed by atoms with Gasteiger partial charge in [0.05, 0.1) is 12.3 Å². The summed E-state index contributed by atoms with van der Waals surface area (Å²) in [5, 5.41) is 11.9. The molecule has 0 saturated carbocycles. The molecule has 1 heterocycles. The number of amides is 1. The van der Waals surface area contributed by atoms with Crippen LogP contribution in [0.5, 0.6) is 11.6 Å². The van der Waals surface area contributed by atoms with E-state index in [1.54, 1.807) is 42.6 Å². The SMILES string of the molecule is CC(=O)Nc1ccccc1Oc1ncccc1CO. The largest absolute Gasteiger partial charge is 0.436 e. The topological polar surface area (TPSA) is 71.5 Å². The molecule has 0 radical (unpaired) electrons. The van der Waals surface area contributed by atoms with Gasteiger partial charge in [0.15, 0.2) is 5.75 Å². The van der Waals surface area contributed by atoms with Crippen LogP contribution in [0.1, 0.15) is 12.5 Å². The third-order valence-corrected chi connectivity index (χ3v) is 2.42. The van der Waals surface area contributed by atoms with Gasteiger partial charge in [-0.2, -0.15) is 0 Å². The first-order chi connectivity index (χ1) is 9.20. The number of aromatic nitrogens is 1. The predicted molar refractivity (Wildman–Crippen MR) is 71.0 cm³/mol. The molecule has 2 aromatic rings. The van der Waals surface area contributed by atoms with Gasteiger partial charge in [0, 0.05) is 18.7 Å². The van der Waals surface area contributed by atoms with E-state index in [4.69, 9.17) is 4.74 Å². The van der Waals surface area contributed by atoms with Gasteiger partial charge in [-0.15, -0.1) is 0 Å². The van der Waals surface area contributed by atoms with Crippen LogP contribution >= 0.6 is 0 Å². The first-order valence-corrected chi connectivity index (χ1v) is 5.80. The number of para-hydroxylation sites is 2. The summed E-state index contributed by atoms with van der Waals surface area (Å²) >= 11 is 0. The molecule has 0 bridgehead atoms. The summed E-state index contributed by atoms with van der Waals surface area (Å²) in [7, 11) is 0. The Hall–Kier alpha value is -2.40. The average molecular weight is 258 g/mol. The first kappa shape index (κ1) is 13.0. The highest BCUT2D eigenvalue weighted by Crippen LogP contribution is 2.29. The zero-order valence-electron chi connectivity index (χ0n) is 10.5. The molecule has 0 spiro atoms. The van der Waals surface area contributed by atoms with Crippen molar-refractivity contribution in [3.05, 3.63) is 48.2 Å². The Bertz CT molecular complexity index is 584. The van der Waals surface area contributed by atoms with E-state index in [-0.39, 0.29) is 12.5 Å². The van der Waals surface area contributed by atoms with Crippen molar-refractivity contribution in [2.75, 3.05) is 5.32 Å². The minimum Gasteiger partial charge on any atom is -0.436 e. The molecule has 19 heavy (non-hydrogen) atoms. The smallest absolute Gasteiger partial charge is 0.224 e. The van der Waals surface area contributed by atoms with Crippen LogP contribution in [0.3, 0.4) is 0 Å². The standard InChI is InChI=1S/C14H14N2O3/c1-10(18)16-12-6-2-3-7-13(12)19-14-11(9-17)5-4-8-15-14/h2-8,17H,9H2,1H3,(H,16,18). The first-order valence-electron chi connectivity index (χ1n) is 5.80. The molecular weight excluding hydrogens is 244 g/mol. The monoisotopic (exact) mass is 258 g/mol. The van der Waals surface area contributed by atoms with E-state index in [9.17, 15) is 9.90 Å². The van der Waals surface area contributed by atoms with E-state index in [1.165, 1.54) is 6.92 Å². The number of aliphatic hydroxyl groups is 1. The maximum Gasteiger partial charge on any atom is 0.224 e. The third kappa shape index (κ3) is 3.29. The number of carbonyl (C=O) groups excluding carboxylic acids is 1. The Labute approximate surface area is 110 Å². The van der Waals surface area contributed by atoms with Gasteiger partial charge in [-0.3, -0.25) is 4.79 Å². The molecule has 0 aliphatic carbocycles. The number of nitrogens with one attached hydrogen (secondary N) is 1. The average Bonchev–Trinajstić information content (AvgIpc) is 2.41. The van der Waals surface area contributed by atoms with Crippen LogP contribution in [0.2, 0.25) is 0 Å². The molecule has 0 atom stereocenters. The molecule has 5 heteroatoms. The zero-order valence-corrected chi connectivity index (χ0v) is 10.5. The molecule has 2 rings (SSSR count). The van der Waals surface area contributed by atoms with Crippen LogP contribution in [0.4, 0.5) is 5.69 Å². The summed E-state index contributed by atoms with van der Waals surface area (Å²) in [5.41, 5.74) is 1.14. The van der Waals surface area contributed by atoms with Crippen molar-refractivity contribution in [3.63, 3.8) is 0 Å². The number of pyridine rings is 1. The number of nitrogens with zero attached hydrogens (tertiary/aromatic N) is 1. The summed E-state index contributed by atoms with van der Waals surface area (Å²) in [4.78, 5) is 15.2. The quantitative estimate of drug-likeness (QED) is 0.882. The molecule has 5 nitrogen and oxygen atoms in total. The van der Waals surface area contributed by atoms with Gasteiger partial charge >= 0.3 is 0 Å². The van der Waals surface area contributed by atoms with E-state index in [0.717, 1.165) is 0 Å². The Morgan fingerprint density at radius 3 is 2.84 bits per heavy atom. The van der Waals surface area contributed by atoms with Crippen molar-refractivity contribution in [1.82, 2.24) is 4.98 Å². The highest BCUT2D eigenvalue weighted by molar-refractivity contribution is 5.90. The van der Waals surface area contributed by atoms with E-state index >= 15 is 0 Å². The number of aliphatic hydroxyl groups excluding tert-OH is 1. The summed E-state index contributed by atoms with van der Waals surface area (Å²) in [6.07, 6.45) is 1.58. The minimum atomic E-state index is -0.181. The Kier molecular flexibility index (Phi) is 4.10. The molecular formula is C14H14N2O3. The third-order valence-electron chi connectivity index (χ3n) is 2.42. The van der Waals surface area contributed by atoms with E-state index < -0.39 is 0 Å². The number of benzene rings is 1. The van der Waals surface area contributed by atoms with E-state index in [0.29, 0.717) is 22.9 Å². The number of ether oxygens (including phenoxy) is 1. The lowest BCUT2D eigenvalue weighted by Crippen LogP contribution is -2.07. The van der Waals surface area contributed by atoms with Crippen molar-refractivity contribution < 1.29 is 14.6 Å². The molecule has 0 aliphatic heterocycles. The Morgan fingerprint density at radius 2 is 2.11 bits per heavy atom. The zero-order chi connectivity index (χ0) is 13.7.